The summed E-state index contributed by atoms with van der Waals surface area (Å²) in [6, 6.07) is -0.602. The summed E-state index contributed by atoms with van der Waals surface area (Å²) in [5.74, 6) is -0.498. The van der Waals surface area contributed by atoms with Gasteiger partial charge in [0.1, 0.15) is 5.54 Å². The van der Waals surface area contributed by atoms with Gasteiger partial charge in [0.15, 0.2) is 8.68 Å². The molecule has 20 heavy (non-hydrogen) atoms. The first-order valence-electron chi connectivity index (χ1n) is 5.59. The van der Waals surface area contributed by atoms with Crippen LogP contribution in [0.3, 0.4) is 0 Å². The van der Waals surface area contributed by atoms with Crippen LogP contribution in [0.25, 0.3) is 0 Å². The smallest absolute Gasteiger partial charge is 0.322 e. The minimum absolute atomic E-state index is 0.0179. The summed E-state index contributed by atoms with van der Waals surface area (Å²) < 4.78 is 26.0. The van der Waals surface area contributed by atoms with Gasteiger partial charge in [-0.15, -0.1) is 0 Å². The van der Waals surface area contributed by atoms with Crippen LogP contribution in [-0.2, 0) is 14.8 Å². The van der Waals surface area contributed by atoms with E-state index in [-0.39, 0.29) is 28.2 Å². The van der Waals surface area contributed by atoms with E-state index < -0.39 is 27.5 Å². The maximum Gasteiger partial charge on any atom is 0.322 e. The topological polar surface area (TPSA) is 108 Å². The van der Waals surface area contributed by atoms with Gasteiger partial charge in [-0.05, 0) is 6.42 Å². The lowest BCUT2D eigenvalue weighted by atomic mass is 10.00. The first-order chi connectivity index (χ1) is 9.33. The Kier molecular flexibility index (Phi) is 3.01. The molecule has 3 amide bonds. The Labute approximate surface area is 123 Å². The molecule has 2 fully saturated rings. The van der Waals surface area contributed by atoms with E-state index in [1.165, 1.54) is 6.20 Å². The molecule has 2 aliphatic rings. The monoisotopic (exact) mass is 336 g/mol. The highest BCUT2D eigenvalue weighted by Crippen LogP contribution is 2.32. The van der Waals surface area contributed by atoms with Crippen molar-refractivity contribution in [3.05, 3.63) is 10.7 Å². The number of nitrogens with one attached hydrogen (secondary N) is 2. The maximum atomic E-state index is 12.4. The molecule has 1 unspecified atom stereocenters. The summed E-state index contributed by atoms with van der Waals surface area (Å²) in [7, 11) is -3.75. The molecule has 0 bridgehead atoms. The van der Waals surface area contributed by atoms with E-state index in [4.69, 9.17) is 11.6 Å². The molecule has 1 aromatic rings. The third-order valence-electron chi connectivity index (χ3n) is 3.30. The van der Waals surface area contributed by atoms with Crippen LogP contribution in [0, 0.1) is 0 Å². The lowest BCUT2D eigenvalue weighted by molar-refractivity contribution is -0.123. The highest BCUT2D eigenvalue weighted by molar-refractivity contribution is 7.91. The Balaban J connectivity index is 1.87. The Morgan fingerprint density at radius 2 is 2.20 bits per heavy atom. The molecule has 11 heteroatoms. The second-order valence-electron chi connectivity index (χ2n) is 4.51. The molecule has 0 aromatic carbocycles. The van der Waals surface area contributed by atoms with Crippen molar-refractivity contribution in [2.75, 3.05) is 13.1 Å². The van der Waals surface area contributed by atoms with Crippen LogP contribution in [0.5, 0.6) is 0 Å². The fourth-order valence-electron chi connectivity index (χ4n) is 2.28. The third kappa shape index (κ3) is 1.99. The van der Waals surface area contributed by atoms with E-state index in [1.54, 1.807) is 0 Å². The fourth-order valence-corrected chi connectivity index (χ4v) is 5.23. The molecule has 1 aromatic heterocycles. The van der Waals surface area contributed by atoms with Gasteiger partial charge in [0, 0.05) is 13.1 Å². The number of urea groups is 1. The van der Waals surface area contributed by atoms with E-state index >= 15 is 0 Å². The first kappa shape index (κ1) is 13.7. The van der Waals surface area contributed by atoms with Crippen LogP contribution < -0.4 is 10.6 Å². The molecule has 3 rings (SSSR count). The number of sulfonamides is 1. The molecular weight excluding hydrogens is 328 g/mol. The van der Waals surface area contributed by atoms with Crippen LogP contribution in [0.4, 0.5) is 4.79 Å². The lowest BCUT2D eigenvalue weighted by Crippen LogP contribution is -2.49. The molecular formula is C9H9ClN4O4S2. The van der Waals surface area contributed by atoms with Crippen molar-refractivity contribution in [1.82, 2.24) is 19.9 Å². The largest absolute Gasteiger partial charge is 0.322 e. The molecule has 1 atom stereocenters. The van der Waals surface area contributed by atoms with Crippen LogP contribution in [0.2, 0.25) is 4.47 Å². The summed E-state index contributed by atoms with van der Waals surface area (Å²) in [6.07, 6.45) is 1.41. The Morgan fingerprint density at radius 1 is 1.45 bits per heavy atom. The number of thiazole rings is 1. The van der Waals surface area contributed by atoms with Crippen molar-refractivity contribution in [2.24, 2.45) is 0 Å². The molecule has 0 radical (unpaired) electrons. The molecule has 0 saturated carbocycles. The van der Waals surface area contributed by atoms with Crippen molar-refractivity contribution < 1.29 is 18.0 Å². The van der Waals surface area contributed by atoms with Crippen molar-refractivity contribution in [3.63, 3.8) is 0 Å². The Morgan fingerprint density at radius 3 is 2.75 bits per heavy atom. The second-order valence-corrected chi connectivity index (χ2v) is 8.29. The minimum atomic E-state index is -3.75. The number of rotatable bonds is 2. The molecule has 2 N–H and O–H groups in total. The zero-order valence-electron chi connectivity index (χ0n) is 9.92. The summed E-state index contributed by atoms with van der Waals surface area (Å²) in [6.45, 7) is 0.0496. The van der Waals surface area contributed by atoms with E-state index in [1.807, 2.05) is 0 Å². The number of hydrogen-bond acceptors (Lipinski definition) is 6. The zero-order chi connectivity index (χ0) is 14.5. The van der Waals surface area contributed by atoms with Gasteiger partial charge in [0.25, 0.3) is 15.9 Å². The van der Waals surface area contributed by atoms with Gasteiger partial charge in [-0.1, -0.05) is 22.9 Å². The second kappa shape index (κ2) is 4.38. The van der Waals surface area contributed by atoms with Crippen molar-refractivity contribution in [3.8, 4) is 0 Å². The average Bonchev–Trinajstić information content (AvgIpc) is 3.02. The molecule has 1 spiro atoms. The number of hydrogen-bond donors (Lipinski definition) is 2. The summed E-state index contributed by atoms with van der Waals surface area (Å²) in [4.78, 5) is 26.7. The van der Waals surface area contributed by atoms with Gasteiger partial charge >= 0.3 is 6.03 Å². The zero-order valence-corrected chi connectivity index (χ0v) is 12.3. The fraction of sp³-hybridized carbons (Fsp3) is 0.444. The summed E-state index contributed by atoms with van der Waals surface area (Å²) in [5.41, 5.74) is -1.17. The molecule has 2 saturated heterocycles. The number of aromatic nitrogens is 1. The lowest BCUT2D eigenvalue weighted by Gasteiger charge is -2.20. The Bertz CT molecular complexity index is 703. The number of halogens is 1. The van der Waals surface area contributed by atoms with E-state index in [0.717, 1.165) is 15.6 Å². The van der Waals surface area contributed by atoms with E-state index in [0.29, 0.717) is 0 Å². The standard InChI is InChI=1S/C9H9ClN4O4S2/c10-7-11-3-5(19-7)20(17,18)14-2-1-9(4-14)6(15)12-8(16)13-9/h3H,1-2,4H2,(H2,12,13,15,16). The average molecular weight is 337 g/mol. The van der Waals surface area contributed by atoms with Crippen LogP contribution in [0.1, 0.15) is 6.42 Å². The van der Waals surface area contributed by atoms with Crippen LogP contribution in [0.15, 0.2) is 10.4 Å². The number of nitrogens with zero attached hydrogens (tertiary/aromatic N) is 2. The van der Waals surface area contributed by atoms with Gasteiger partial charge in [-0.3, -0.25) is 10.1 Å². The highest BCUT2D eigenvalue weighted by Gasteiger charge is 2.53. The summed E-state index contributed by atoms with van der Waals surface area (Å²) >= 11 is 6.49. The van der Waals surface area contributed by atoms with Gasteiger partial charge < -0.3 is 5.32 Å². The predicted octanol–water partition coefficient (Wildman–Crippen LogP) is -0.231. The maximum absolute atomic E-state index is 12.4. The minimum Gasteiger partial charge on any atom is -0.322 e. The van der Waals surface area contributed by atoms with Gasteiger partial charge in [-0.25, -0.2) is 18.2 Å². The molecule has 8 nitrogen and oxygen atoms in total. The third-order valence-corrected chi connectivity index (χ3v) is 6.70. The van der Waals surface area contributed by atoms with Gasteiger partial charge in [0.2, 0.25) is 0 Å². The molecule has 108 valence electrons. The highest BCUT2D eigenvalue weighted by atomic mass is 35.5. The molecule has 3 heterocycles. The Hall–Kier alpha value is -1.23. The van der Waals surface area contributed by atoms with Gasteiger partial charge in [-0.2, -0.15) is 4.31 Å². The van der Waals surface area contributed by atoms with Crippen LogP contribution in [-0.4, -0.2) is 48.3 Å². The number of amides is 3. The van der Waals surface area contributed by atoms with E-state index in [9.17, 15) is 18.0 Å². The quantitative estimate of drug-likeness (QED) is 0.725. The number of imide groups is 1. The number of carbonyl (C=O) groups excluding carboxylic acids is 2. The van der Waals surface area contributed by atoms with Crippen molar-refractivity contribution in [1.29, 1.82) is 0 Å². The van der Waals surface area contributed by atoms with Crippen molar-refractivity contribution >= 4 is 44.9 Å². The molecule has 2 aliphatic heterocycles. The number of carbonyl (C=O) groups is 2. The van der Waals surface area contributed by atoms with E-state index in [2.05, 4.69) is 15.6 Å². The van der Waals surface area contributed by atoms with Crippen LogP contribution >= 0.6 is 22.9 Å². The molecule has 0 aliphatic carbocycles. The normalized spacial score (nSPS) is 27.1. The summed E-state index contributed by atoms with van der Waals surface area (Å²) in [5, 5.41) is 4.62. The van der Waals surface area contributed by atoms with Gasteiger partial charge in [0.05, 0.1) is 6.20 Å². The first-order valence-corrected chi connectivity index (χ1v) is 8.22. The van der Waals surface area contributed by atoms with Crippen molar-refractivity contribution in [2.45, 2.75) is 16.2 Å². The SMILES string of the molecule is O=C1NC(=O)C2(CCN(S(=O)(=O)c3cnc(Cl)s3)C2)N1. The predicted molar refractivity (Wildman–Crippen MR) is 69.9 cm³/mol.